The first-order valence-electron chi connectivity index (χ1n) is 4.85. The zero-order valence-corrected chi connectivity index (χ0v) is 9.33. The molecule has 82 valence electrons. The molecule has 4 nitrogen and oxygen atoms in total. The van der Waals surface area contributed by atoms with Gasteiger partial charge in [-0.05, 0) is 6.92 Å². The van der Waals surface area contributed by atoms with Crippen molar-refractivity contribution in [3.8, 4) is 0 Å². The Morgan fingerprint density at radius 2 is 2.21 bits per heavy atom. The minimum atomic E-state index is -0.334. The molecule has 0 amide bonds. The van der Waals surface area contributed by atoms with Crippen molar-refractivity contribution in [3.63, 3.8) is 0 Å². The molecule has 14 heavy (non-hydrogen) atoms. The summed E-state index contributed by atoms with van der Waals surface area (Å²) in [5.41, 5.74) is 0. The lowest BCUT2D eigenvalue weighted by atomic mass is 10.4. The number of morpholine rings is 1. The molecule has 1 aliphatic rings. The average molecular weight is 219 g/mol. The first-order chi connectivity index (χ1) is 6.70. The van der Waals surface area contributed by atoms with Gasteiger partial charge in [-0.3, -0.25) is 9.69 Å². The van der Waals surface area contributed by atoms with Gasteiger partial charge < -0.3 is 9.47 Å². The molecule has 0 aromatic carbocycles. The fraction of sp³-hybridized carbons (Fsp3) is 0.889. The van der Waals surface area contributed by atoms with E-state index < -0.39 is 0 Å². The van der Waals surface area contributed by atoms with E-state index in [-0.39, 0.29) is 11.2 Å². The Morgan fingerprint density at radius 3 is 2.79 bits per heavy atom. The van der Waals surface area contributed by atoms with Gasteiger partial charge >= 0.3 is 5.97 Å². The van der Waals surface area contributed by atoms with Crippen LogP contribution in [0, 0.1) is 0 Å². The number of carbonyl (C=O) groups excluding carboxylic acids is 1. The van der Waals surface area contributed by atoms with Crippen molar-refractivity contribution < 1.29 is 14.3 Å². The van der Waals surface area contributed by atoms with Gasteiger partial charge in [-0.25, -0.2) is 0 Å². The summed E-state index contributed by atoms with van der Waals surface area (Å²) in [4.78, 5) is 13.3. The van der Waals surface area contributed by atoms with Crippen molar-refractivity contribution in [1.29, 1.82) is 0 Å². The summed E-state index contributed by atoms with van der Waals surface area (Å²) in [5, 5.41) is -0.334. The lowest BCUT2D eigenvalue weighted by Crippen LogP contribution is -2.38. The number of thiol groups is 1. The molecule has 1 saturated heterocycles. The normalized spacial score (nSPS) is 20.4. The van der Waals surface area contributed by atoms with Crippen LogP contribution in [0.4, 0.5) is 0 Å². The number of ether oxygens (including phenoxy) is 2. The second-order valence-corrected chi connectivity index (χ2v) is 4.07. The molecule has 1 rings (SSSR count). The Bertz CT molecular complexity index is 181. The van der Waals surface area contributed by atoms with E-state index in [1.54, 1.807) is 6.92 Å². The third-order valence-electron chi connectivity index (χ3n) is 2.10. The predicted molar refractivity (Wildman–Crippen MR) is 56.7 cm³/mol. The van der Waals surface area contributed by atoms with E-state index in [4.69, 9.17) is 9.47 Å². The van der Waals surface area contributed by atoms with E-state index in [1.807, 2.05) is 0 Å². The maximum absolute atomic E-state index is 11.0. The van der Waals surface area contributed by atoms with E-state index >= 15 is 0 Å². The number of esters is 1. The van der Waals surface area contributed by atoms with Crippen LogP contribution in [0.25, 0.3) is 0 Å². The molecular formula is C9H17NO3S. The molecule has 0 radical (unpaired) electrons. The molecule has 0 aromatic rings. The Labute approximate surface area is 90.0 Å². The minimum absolute atomic E-state index is 0.249. The van der Waals surface area contributed by atoms with Crippen LogP contribution in [0.1, 0.15) is 6.92 Å². The van der Waals surface area contributed by atoms with Gasteiger partial charge in [0.1, 0.15) is 6.61 Å². The van der Waals surface area contributed by atoms with Crippen LogP contribution in [-0.2, 0) is 14.3 Å². The van der Waals surface area contributed by atoms with Gasteiger partial charge in [-0.1, -0.05) is 0 Å². The molecule has 1 unspecified atom stereocenters. The second-order valence-electron chi connectivity index (χ2n) is 3.30. The van der Waals surface area contributed by atoms with Gasteiger partial charge in [0, 0.05) is 19.6 Å². The lowest BCUT2D eigenvalue weighted by Gasteiger charge is -2.26. The largest absolute Gasteiger partial charge is 0.464 e. The molecule has 1 heterocycles. The molecule has 0 N–H and O–H groups in total. The monoisotopic (exact) mass is 219 g/mol. The van der Waals surface area contributed by atoms with Crippen LogP contribution < -0.4 is 0 Å². The topological polar surface area (TPSA) is 38.8 Å². The van der Waals surface area contributed by atoms with Crippen LogP contribution in [0.3, 0.4) is 0 Å². The highest BCUT2D eigenvalue weighted by Crippen LogP contribution is 1.98. The van der Waals surface area contributed by atoms with Crippen molar-refractivity contribution in [2.24, 2.45) is 0 Å². The smallest absolute Gasteiger partial charge is 0.318 e. The number of hydrogen-bond donors (Lipinski definition) is 1. The zero-order valence-electron chi connectivity index (χ0n) is 8.44. The Kier molecular flexibility index (Phi) is 5.29. The van der Waals surface area contributed by atoms with Crippen molar-refractivity contribution in [2.45, 2.75) is 12.2 Å². The molecule has 0 aromatic heterocycles. The van der Waals surface area contributed by atoms with Gasteiger partial charge in [0.05, 0.1) is 18.5 Å². The summed E-state index contributed by atoms with van der Waals surface area (Å²) < 4.78 is 10.2. The third kappa shape index (κ3) is 4.30. The summed E-state index contributed by atoms with van der Waals surface area (Å²) in [6.45, 7) is 6.34. The molecular weight excluding hydrogens is 202 g/mol. The van der Waals surface area contributed by atoms with Crippen LogP contribution in [0.5, 0.6) is 0 Å². The third-order valence-corrected chi connectivity index (χ3v) is 2.31. The number of nitrogens with zero attached hydrogens (tertiary/aromatic N) is 1. The number of carbonyl (C=O) groups is 1. The highest BCUT2D eigenvalue weighted by molar-refractivity contribution is 7.81. The fourth-order valence-corrected chi connectivity index (χ4v) is 1.30. The molecule has 5 heteroatoms. The minimum Gasteiger partial charge on any atom is -0.464 e. The Morgan fingerprint density at radius 1 is 1.57 bits per heavy atom. The maximum Gasteiger partial charge on any atom is 0.318 e. The first kappa shape index (κ1) is 11.8. The molecule has 1 atom stereocenters. The van der Waals surface area contributed by atoms with Gasteiger partial charge in [0.25, 0.3) is 0 Å². The van der Waals surface area contributed by atoms with Gasteiger partial charge in [-0.2, -0.15) is 12.6 Å². The van der Waals surface area contributed by atoms with Crippen LogP contribution in [0.2, 0.25) is 0 Å². The molecule has 0 saturated carbocycles. The van der Waals surface area contributed by atoms with E-state index in [9.17, 15) is 4.79 Å². The van der Waals surface area contributed by atoms with E-state index in [0.29, 0.717) is 6.61 Å². The fourth-order valence-electron chi connectivity index (χ4n) is 1.22. The van der Waals surface area contributed by atoms with Gasteiger partial charge in [-0.15, -0.1) is 0 Å². The van der Waals surface area contributed by atoms with E-state index in [2.05, 4.69) is 17.5 Å². The summed E-state index contributed by atoms with van der Waals surface area (Å²) in [6, 6.07) is 0. The van der Waals surface area contributed by atoms with Crippen LogP contribution >= 0.6 is 12.6 Å². The van der Waals surface area contributed by atoms with E-state index in [1.165, 1.54) is 0 Å². The molecule has 1 aliphatic heterocycles. The SMILES string of the molecule is CC(S)C(=O)OCCN1CCOCC1. The summed E-state index contributed by atoms with van der Waals surface area (Å²) in [7, 11) is 0. The van der Waals surface area contributed by atoms with Gasteiger partial charge in [0.15, 0.2) is 0 Å². The van der Waals surface area contributed by atoms with Crippen molar-refractivity contribution >= 4 is 18.6 Å². The zero-order chi connectivity index (χ0) is 10.4. The second kappa shape index (κ2) is 6.27. The quantitative estimate of drug-likeness (QED) is 0.541. The van der Waals surface area contributed by atoms with Crippen LogP contribution in [-0.4, -0.2) is 55.6 Å². The predicted octanol–water partition coefficient (Wildman–Crippen LogP) is 0.180. The van der Waals surface area contributed by atoms with E-state index in [0.717, 1.165) is 32.8 Å². The van der Waals surface area contributed by atoms with Crippen molar-refractivity contribution in [3.05, 3.63) is 0 Å². The number of rotatable bonds is 4. The summed E-state index contributed by atoms with van der Waals surface area (Å²) in [6.07, 6.45) is 0. The van der Waals surface area contributed by atoms with Crippen molar-refractivity contribution in [1.82, 2.24) is 4.90 Å². The summed E-state index contributed by atoms with van der Waals surface area (Å²) in [5.74, 6) is -0.249. The molecule has 0 aliphatic carbocycles. The number of hydrogen-bond acceptors (Lipinski definition) is 5. The highest BCUT2D eigenvalue weighted by atomic mass is 32.1. The summed E-state index contributed by atoms with van der Waals surface area (Å²) >= 11 is 3.98. The standard InChI is InChI=1S/C9H17NO3S/c1-8(14)9(11)13-7-4-10-2-5-12-6-3-10/h8,14H,2-7H2,1H3. The Hall–Kier alpha value is -0.260. The van der Waals surface area contributed by atoms with Gasteiger partial charge in [0.2, 0.25) is 0 Å². The molecule has 0 bridgehead atoms. The highest BCUT2D eigenvalue weighted by Gasteiger charge is 2.12. The van der Waals surface area contributed by atoms with Crippen LogP contribution in [0.15, 0.2) is 0 Å². The molecule has 0 spiro atoms. The Balaban J connectivity index is 2.05. The maximum atomic E-state index is 11.0. The molecule has 1 fully saturated rings. The van der Waals surface area contributed by atoms with Crippen molar-refractivity contribution in [2.75, 3.05) is 39.5 Å². The average Bonchev–Trinajstić information content (AvgIpc) is 2.19. The first-order valence-corrected chi connectivity index (χ1v) is 5.36. The lowest BCUT2D eigenvalue weighted by molar-refractivity contribution is -0.143.